The zero-order valence-electron chi connectivity index (χ0n) is 11.9. The summed E-state index contributed by atoms with van der Waals surface area (Å²) in [4.78, 5) is 4.32. The SMILES string of the molecule is CCCn1ccnc1CC(N)c1ccc(OC(F)F)cc1. The van der Waals surface area contributed by atoms with Crippen molar-refractivity contribution in [3.63, 3.8) is 0 Å². The molecule has 6 heteroatoms. The van der Waals surface area contributed by atoms with Gasteiger partial charge < -0.3 is 15.0 Å². The van der Waals surface area contributed by atoms with Crippen LogP contribution in [0.2, 0.25) is 0 Å². The minimum absolute atomic E-state index is 0.133. The minimum atomic E-state index is -2.81. The van der Waals surface area contributed by atoms with Crippen molar-refractivity contribution in [1.29, 1.82) is 0 Å². The molecule has 2 rings (SSSR count). The predicted molar refractivity (Wildman–Crippen MR) is 76.2 cm³/mol. The molecule has 0 aliphatic carbocycles. The Balaban J connectivity index is 2.02. The first kappa shape index (κ1) is 15.4. The summed E-state index contributed by atoms with van der Waals surface area (Å²) in [5.41, 5.74) is 7.02. The van der Waals surface area contributed by atoms with E-state index in [-0.39, 0.29) is 11.8 Å². The second kappa shape index (κ2) is 7.17. The second-order valence-electron chi connectivity index (χ2n) is 4.80. The lowest BCUT2D eigenvalue weighted by Gasteiger charge is -2.14. The van der Waals surface area contributed by atoms with Crippen molar-refractivity contribution in [2.75, 3.05) is 0 Å². The van der Waals surface area contributed by atoms with Crippen molar-refractivity contribution < 1.29 is 13.5 Å². The molecule has 0 bridgehead atoms. The number of imidazole rings is 1. The Morgan fingerprint density at radius 2 is 2.00 bits per heavy atom. The number of benzene rings is 1. The monoisotopic (exact) mass is 295 g/mol. The molecule has 0 amide bonds. The van der Waals surface area contributed by atoms with Crippen molar-refractivity contribution >= 4 is 0 Å². The standard InChI is InChI=1S/C15H19F2N3O/c1-2-8-20-9-7-19-14(20)10-13(18)11-3-5-12(6-4-11)21-15(16)17/h3-7,9,13,15H,2,8,10,18H2,1H3. The summed E-state index contributed by atoms with van der Waals surface area (Å²) in [6.45, 7) is 0.195. The Kier molecular flexibility index (Phi) is 5.27. The number of nitrogens with two attached hydrogens (primary N) is 1. The van der Waals surface area contributed by atoms with E-state index in [1.807, 2.05) is 6.20 Å². The highest BCUT2D eigenvalue weighted by Gasteiger charge is 2.12. The Morgan fingerprint density at radius 1 is 1.29 bits per heavy atom. The van der Waals surface area contributed by atoms with E-state index in [4.69, 9.17) is 5.73 Å². The number of ether oxygens (including phenoxy) is 1. The lowest BCUT2D eigenvalue weighted by Crippen LogP contribution is -2.16. The summed E-state index contributed by atoms with van der Waals surface area (Å²) in [7, 11) is 0. The maximum atomic E-state index is 12.1. The van der Waals surface area contributed by atoms with Crippen LogP contribution in [0.1, 0.15) is 30.8 Å². The van der Waals surface area contributed by atoms with Crippen LogP contribution in [0.15, 0.2) is 36.7 Å². The van der Waals surface area contributed by atoms with Crippen LogP contribution in [-0.2, 0) is 13.0 Å². The molecule has 1 atom stereocenters. The fourth-order valence-corrected chi connectivity index (χ4v) is 2.19. The van der Waals surface area contributed by atoms with Gasteiger partial charge in [-0.05, 0) is 24.1 Å². The molecule has 2 N–H and O–H groups in total. The zero-order valence-corrected chi connectivity index (χ0v) is 11.9. The largest absolute Gasteiger partial charge is 0.435 e. The van der Waals surface area contributed by atoms with Crippen LogP contribution in [0.3, 0.4) is 0 Å². The topological polar surface area (TPSA) is 53.1 Å². The summed E-state index contributed by atoms with van der Waals surface area (Å²) >= 11 is 0. The van der Waals surface area contributed by atoms with Crippen LogP contribution >= 0.6 is 0 Å². The molecule has 0 saturated heterocycles. The third kappa shape index (κ3) is 4.26. The molecular formula is C15H19F2N3O. The number of hydrogen-bond acceptors (Lipinski definition) is 3. The molecule has 21 heavy (non-hydrogen) atoms. The maximum Gasteiger partial charge on any atom is 0.387 e. The number of hydrogen-bond donors (Lipinski definition) is 1. The molecular weight excluding hydrogens is 276 g/mol. The molecule has 1 aromatic heterocycles. The van der Waals surface area contributed by atoms with Gasteiger partial charge in [0.2, 0.25) is 0 Å². The molecule has 1 heterocycles. The van der Waals surface area contributed by atoms with Crippen LogP contribution in [0, 0.1) is 0 Å². The highest BCUT2D eigenvalue weighted by Crippen LogP contribution is 2.20. The summed E-state index contributed by atoms with van der Waals surface area (Å²) in [5, 5.41) is 0. The molecule has 0 spiro atoms. The smallest absolute Gasteiger partial charge is 0.387 e. The Morgan fingerprint density at radius 3 is 2.62 bits per heavy atom. The molecule has 2 aromatic rings. The van der Waals surface area contributed by atoms with E-state index in [0.717, 1.165) is 24.4 Å². The van der Waals surface area contributed by atoms with E-state index in [9.17, 15) is 8.78 Å². The second-order valence-corrected chi connectivity index (χ2v) is 4.80. The van der Waals surface area contributed by atoms with Crippen LogP contribution in [0.4, 0.5) is 8.78 Å². The molecule has 0 aliphatic rings. The van der Waals surface area contributed by atoms with Crippen LogP contribution in [-0.4, -0.2) is 16.2 Å². The third-order valence-corrected chi connectivity index (χ3v) is 3.20. The number of rotatable bonds is 7. The van der Waals surface area contributed by atoms with Crippen molar-refractivity contribution in [1.82, 2.24) is 9.55 Å². The van der Waals surface area contributed by atoms with Crippen LogP contribution in [0.5, 0.6) is 5.75 Å². The average Bonchev–Trinajstić information content (AvgIpc) is 2.86. The molecule has 4 nitrogen and oxygen atoms in total. The van der Waals surface area contributed by atoms with E-state index in [1.165, 1.54) is 12.1 Å². The molecule has 0 fully saturated rings. The first-order chi connectivity index (χ1) is 10.1. The number of halogens is 2. The zero-order chi connectivity index (χ0) is 15.2. The van der Waals surface area contributed by atoms with Crippen molar-refractivity contribution in [3.8, 4) is 5.75 Å². The molecule has 114 valence electrons. The fraction of sp³-hybridized carbons (Fsp3) is 0.400. The Hall–Kier alpha value is -1.95. The summed E-state index contributed by atoms with van der Waals surface area (Å²) < 4.78 is 30.6. The van der Waals surface area contributed by atoms with E-state index in [1.54, 1.807) is 18.3 Å². The van der Waals surface area contributed by atoms with Crippen molar-refractivity contribution in [2.24, 2.45) is 5.73 Å². The fourth-order valence-electron chi connectivity index (χ4n) is 2.19. The first-order valence-corrected chi connectivity index (χ1v) is 6.90. The van der Waals surface area contributed by atoms with Gasteiger partial charge in [-0.3, -0.25) is 0 Å². The van der Waals surface area contributed by atoms with Gasteiger partial charge in [0.05, 0.1) is 0 Å². The molecule has 1 aromatic carbocycles. The Bertz CT molecular complexity index is 554. The van der Waals surface area contributed by atoms with Crippen LogP contribution in [0.25, 0.3) is 0 Å². The normalized spacial score (nSPS) is 12.6. The number of alkyl halides is 2. The first-order valence-electron chi connectivity index (χ1n) is 6.90. The van der Waals surface area contributed by atoms with Gasteiger partial charge in [-0.1, -0.05) is 19.1 Å². The molecule has 1 unspecified atom stereocenters. The van der Waals surface area contributed by atoms with E-state index < -0.39 is 6.61 Å². The lowest BCUT2D eigenvalue weighted by atomic mass is 10.0. The summed E-state index contributed by atoms with van der Waals surface area (Å²) in [6.07, 6.45) is 5.32. The lowest BCUT2D eigenvalue weighted by molar-refractivity contribution is -0.0498. The van der Waals surface area contributed by atoms with Gasteiger partial charge in [0, 0.05) is 31.4 Å². The number of aryl methyl sites for hydroxylation is 1. The van der Waals surface area contributed by atoms with Gasteiger partial charge in [-0.25, -0.2) is 4.98 Å². The Labute approximate surface area is 122 Å². The predicted octanol–water partition coefficient (Wildman–Crippen LogP) is 3.14. The summed E-state index contributed by atoms with van der Waals surface area (Å²) in [6, 6.07) is 6.17. The third-order valence-electron chi connectivity index (χ3n) is 3.20. The highest BCUT2D eigenvalue weighted by atomic mass is 19.3. The van der Waals surface area contributed by atoms with Gasteiger partial charge >= 0.3 is 6.61 Å². The average molecular weight is 295 g/mol. The van der Waals surface area contributed by atoms with E-state index >= 15 is 0 Å². The van der Waals surface area contributed by atoms with Crippen LogP contribution < -0.4 is 10.5 Å². The van der Waals surface area contributed by atoms with Gasteiger partial charge in [0.25, 0.3) is 0 Å². The highest BCUT2D eigenvalue weighted by molar-refractivity contribution is 5.29. The quantitative estimate of drug-likeness (QED) is 0.853. The van der Waals surface area contributed by atoms with Crippen molar-refractivity contribution in [3.05, 3.63) is 48.0 Å². The van der Waals surface area contributed by atoms with Gasteiger partial charge in [-0.15, -0.1) is 0 Å². The maximum absolute atomic E-state index is 12.1. The molecule has 0 saturated carbocycles. The number of aromatic nitrogens is 2. The van der Waals surface area contributed by atoms with Gasteiger partial charge in [-0.2, -0.15) is 8.78 Å². The van der Waals surface area contributed by atoms with Gasteiger partial charge in [0.15, 0.2) is 0 Å². The van der Waals surface area contributed by atoms with E-state index in [0.29, 0.717) is 6.42 Å². The summed E-state index contributed by atoms with van der Waals surface area (Å²) in [5.74, 6) is 1.06. The molecule has 0 radical (unpaired) electrons. The minimum Gasteiger partial charge on any atom is -0.435 e. The van der Waals surface area contributed by atoms with E-state index in [2.05, 4.69) is 21.2 Å². The number of nitrogens with zero attached hydrogens (tertiary/aromatic N) is 2. The van der Waals surface area contributed by atoms with Gasteiger partial charge in [0.1, 0.15) is 11.6 Å². The molecule has 0 aliphatic heterocycles. The van der Waals surface area contributed by atoms with Crippen molar-refractivity contribution in [2.45, 2.75) is 39.0 Å².